The van der Waals surface area contributed by atoms with E-state index < -0.39 is 5.97 Å². The fourth-order valence-electron chi connectivity index (χ4n) is 0. The van der Waals surface area contributed by atoms with Gasteiger partial charge in [-0.1, -0.05) is 6.58 Å². The molecular weight excluding hydrogens is 144 g/mol. The van der Waals surface area contributed by atoms with Gasteiger partial charge in [0.05, 0.1) is 0 Å². The zero-order valence-corrected chi connectivity index (χ0v) is 7.89. The third kappa shape index (κ3) is 17.9. The minimum atomic E-state index is -0.935. The average Bonchev–Trinajstić information content (AvgIpc) is 1.72. The van der Waals surface area contributed by atoms with Crippen molar-refractivity contribution in [3.05, 3.63) is 25.3 Å². The Bertz CT molecular complexity index is 94.8. The molecule has 0 aliphatic rings. The van der Waals surface area contributed by atoms with Crippen molar-refractivity contribution in [1.29, 1.82) is 0 Å². The number of carboxylic acids is 1. The molecule has 1 N–H and O–H groups in total. The van der Waals surface area contributed by atoms with E-state index >= 15 is 0 Å². The van der Waals surface area contributed by atoms with Gasteiger partial charge in [-0.2, -0.15) is 0 Å². The van der Waals surface area contributed by atoms with E-state index in [-0.39, 0.29) is 46.2 Å². The maximum absolute atomic E-state index is 9.60. The molecule has 0 aromatic carbocycles. The molecule has 0 amide bonds. The largest absolute Gasteiger partial charge is 2.00 e. The minimum absolute atomic E-state index is 0. The molecule has 0 aromatic rings. The first kappa shape index (κ1) is 16.1. The molecule has 0 rings (SSSR count). The van der Waals surface area contributed by atoms with Gasteiger partial charge in [0.2, 0.25) is 0 Å². The summed E-state index contributed by atoms with van der Waals surface area (Å²) in [5.74, 6) is -0.935. The molecular formula is C6H12CaO2. The van der Waals surface area contributed by atoms with Crippen molar-refractivity contribution in [2.45, 2.75) is 6.92 Å². The van der Waals surface area contributed by atoms with Gasteiger partial charge in [0.25, 0.3) is 0 Å². The van der Waals surface area contributed by atoms with E-state index in [1.807, 2.05) is 0 Å². The van der Waals surface area contributed by atoms with Crippen molar-refractivity contribution in [1.82, 2.24) is 0 Å². The van der Waals surface area contributed by atoms with Crippen molar-refractivity contribution in [3.63, 3.8) is 0 Å². The molecule has 0 heterocycles. The first-order valence-corrected chi connectivity index (χ1v) is 2.03. The molecule has 0 radical (unpaired) electrons. The van der Waals surface area contributed by atoms with E-state index in [9.17, 15) is 4.79 Å². The number of hydrogen-bond donors (Lipinski definition) is 1. The summed E-state index contributed by atoms with van der Waals surface area (Å²) in [6.45, 7) is 10.6. The zero-order valence-electron chi connectivity index (χ0n) is 7.68. The van der Waals surface area contributed by atoms with Gasteiger partial charge in [0.1, 0.15) is 0 Å². The van der Waals surface area contributed by atoms with Crippen LogP contribution in [0.5, 0.6) is 0 Å². The smallest absolute Gasteiger partial charge is 1.00 e. The fourth-order valence-corrected chi connectivity index (χ4v) is 0. The van der Waals surface area contributed by atoms with E-state index in [1.165, 1.54) is 6.92 Å². The van der Waals surface area contributed by atoms with Gasteiger partial charge in [0, 0.05) is 5.57 Å². The first-order chi connectivity index (χ1) is 3.64. The Hall–Kier alpha value is 0.210. The van der Waals surface area contributed by atoms with Crippen LogP contribution in [-0.2, 0) is 4.79 Å². The maximum atomic E-state index is 9.60. The second-order valence-electron chi connectivity index (χ2n) is 1.09. The Morgan fingerprint density at radius 2 is 1.67 bits per heavy atom. The fraction of sp³-hybridized carbons (Fsp3) is 0.167. The second-order valence-corrected chi connectivity index (χ2v) is 1.09. The van der Waals surface area contributed by atoms with Crippen LogP contribution in [0.4, 0.5) is 0 Å². The standard InChI is InChI=1S/C4H6O2.C2H4.Ca.2H/c1-3(2)4(5)6;1-2;;;/h1H2,2H3,(H,5,6);1-2H2;;;/q;;+2;2*-1. The SMILES string of the molecule is C=C.C=C(C)C(=O)O.[Ca+2].[H-].[H-]. The van der Waals surface area contributed by atoms with Crippen LogP contribution >= 0.6 is 0 Å². The van der Waals surface area contributed by atoms with Crippen LogP contribution in [-0.4, -0.2) is 48.8 Å². The summed E-state index contributed by atoms with van der Waals surface area (Å²) in [6, 6.07) is 0. The maximum Gasteiger partial charge on any atom is 2.00 e. The van der Waals surface area contributed by atoms with E-state index in [0.717, 1.165) is 0 Å². The van der Waals surface area contributed by atoms with Crippen molar-refractivity contribution in [2.24, 2.45) is 0 Å². The van der Waals surface area contributed by atoms with Gasteiger partial charge >= 0.3 is 43.7 Å². The summed E-state index contributed by atoms with van der Waals surface area (Å²) < 4.78 is 0. The Labute approximate surface area is 88.2 Å². The number of rotatable bonds is 1. The normalized spacial score (nSPS) is 5.44. The zero-order chi connectivity index (χ0) is 7.15. The van der Waals surface area contributed by atoms with Crippen molar-refractivity contribution in [3.8, 4) is 0 Å². The van der Waals surface area contributed by atoms with Gasteiger partial charge in [0.15, 0.2) is 0 Å². The predicted molar refractivity (Wildman–Crippen MR) is 41.7 cm³/mol. The van der Waals surface area contributed by atoms with Crippen LogP contribution in [0.2, 0.25) is 0 Å². The van der Waals surface area contributed by atoms with E-state index in [0.29, 0.717) is 0 Å². The van der Waals surface area contributed by atoms with Gasteiger partial charge in [-0.05, 0) is 6.92 Å². The van der Waals surface area contributed by atoms with E-state index in [2.05, 4.69) is 19.7 Å². The van der Waals surface area contributed by atoms with Crippen LogP contribution in [0.1, 0.15) is 9.78 Å². The molecule has 0 aromatic heterocycles. The summed E-state index contributed by atoms with van der Waals surface area (Å²) >= 11 is 0. The Morgan fingerprint density at radius 3 is 1.67 bits per heavy atom. The van der Waals surface area contributed by atoms with Gasteiger partial charge in [-0.3, -0.25) is 0 Å². The van der Waals surface area contributed by atoms with Crippen molar-refractivity contribution >= 4 is 43.7 Å². The molecule has 0 saturated heterocycles. The Morgan fingerprint density at radius 1 is 1.56 bits per heavy atom. The monoisotopic (exact) mass is 156 g/mol. The Kier molecular flexibility index (Phi) is 19.8. The molecule has 0 atom stereocenters. The summed E-state index contributed by atoms with van der Waals surface area (Å²) in [7, 11) is 0. The molecule has 0 unspecified atom stereocenters. The average molecular weight is 156 g/mol. The molecule has 0 saturated carbocycles. The van der Waals surface area contributed by atoms with Crippen molar-refractivity contribution in [2.75, 3.05) is 0 Å². The quantitative estimate of drug-likeness (QED) is 0.353. The summed E-state index contributed by atoms with van der Waals surface area (Å²) in [6.07, 6.45) is 0. The second kappa shape index (κ2) is 11.1. The summed E-state index contributed by atoms with van der Waals surface area (Å²) in [5, 5.41) is 7.89. The molecule has 50 valence electrons. The van der Waals surface area contributed by atoms with Gasteiger partial charge < -0.3 is 7.96 Å². The molecule has 0 bridgehead atoms. The van der Waals surface area contributed by atoms with E-state index in [1.54, 1.807) is 0 Å². The molecule has 3 heteroatoms. The minimum Gasteiger partial charge on any atom is -1.00 e. The Balaban J connectivity index is -0.0000000222. The third-order valence-corrected chi connectivity index (χ3v) is 0.365. The van der Waals surface area contributed by atoms with Crippen molar-refractivity contribution < 1.29 is 12.8 Å². The molecule has 9 heavy (non-hydrogen) atoms. The number of carbonyl (C=O) groups is 1. The summed E-state index contributed by atoms with van der Waals surface area (Å²) in [5.41, 5.74) is 0.176. The molecule has 2 nitrogen and oxygen atoms in total. The topological polar surface area (TPSA) is 37.3 Å². The van der Waals surface area contributed by atoms with E-state index in [4.69, 9.17) is 5.11 Å². The predicted octanol–water partition coefficient (Wildman–Crippen LogP) is 1.29. The number of carboxylic acid groups (broad SMARTS) is 1. The van der Waals surface area contributed by atoms with Crippen LogP contribution in [0.15, 0.2) is 25.3 Å². The number of hydrogen-bond acceptors (Lipinski definition) is 1. The van der Waals surface area contributed by atoms with Gasteiger partial charge in [-0.25, -0.2) is 4.79 Å². The first-order valence-electron chi connectivity index (χ1n) is 2.03. The van der Waals surface area contributed by atoms with Crippen LogP contribution < -0.4 is 0 Å². The van der Waals surface area contributed by atoms with Crippen LogP contribution in [0.25, 0.3) is 0 Å². The van der Waals surface area contributed by atoms with Crippen LogP contribution in [0, 0.1) is 0 Å². The van der Waals surface area contributed by atoms with Gasteiger partial charge in [-0.15, -0.1) is 13.2 Å². The molecule has 0 fully saturated rings. The van der Waals surface area contributed by atoms with Crippen LogP contribution in [0.3, 0.4) is 0 Å². The number of aliphatic carboxylic acids is 1. The summed E-state index contributed by atoms with van der Waals surface area (Å²) in [4.78, 5) is 9.60. The molecule has 0 aliphatic heterocycles. The third-order valence-electron chi connectivity index (χ3n) is 0.365. The molecule has 0 aliphatic carbocycles. The molecule has 0 spiro atoms.